The topological polar surface area (TPSA) is 88.2 Å². The molecule has 0 amide bonds. The van der Waals surface area contributed by atoms with E-state index in [1.165, 1.54) is 10.4 Å². The van der Waals surface area contributed by atoms with Crippen LogP contribution in [0.4, 0.5) is 0 Å². The lowest BCUT2D eigenvalue weighted by Crippen LogP contribution is -2.40. The van der Waals surface area contributed by atoms with E-state index in [-0.39, 0.29) is 9.92 Å². The lowest BCUT2D eigenvalue weighted by atomic mass is 10.2. The van der Waals surface area contributed by atoms with Crippen molar-refractivity contribution in [2.45, 2.75) is 4.90 Å². The first kappa shape index (κ1) is 18.1. The standard InChI is InChI=1S/C18H17ClN4O3S/c19-15-12-14(18-20-17(21-22-18)13-4-2-1-3-5-13)6-7-16(15)27(24,25)23-8-10-26-11-9-23/h1-7,12H,8-11H2,(H,20,21,22). The number of rotatable bonds is 4. The molecular weight excluding hydrogens is 388 g/mol. The second-order valence-corrected chi connectivity index (χ2v) is 8.36. The van der Waals surface area contributed by atoms with Crippen molar-refractivity contribution < 1.29 is 13.2 Å². The molecule has 1 aliphatic heterocycles. The number of benzene rings is 2. The van der Waals surface area contributed by atoms with Crippen LogP contribution in [0.3, 0.4) is 0 Å². The highest BCUT2D eigenvalue weighted by molar-refractivity contribution is 7.89. The van der Waals surface area contributed by atoms with Crippen molar-refractivity contribution in [3.63, 3.8) is 0 Å². The van der Waals surface area contributed by atoms with Gasteiger partial charge in [0.15, 0.2) is 11.6 Å². The number of morpholine rings is 1. The second-order valence-electron chi connectivity index (χ2n) is 6.05. The molecule has 2 heterocycles. The quantitative estimate of drug-likeness (QED) is 0.722. The molecule has 27 heavy (non-hydrogen) atoms. The molecule has 0 atom stereocenters. The molecule has 7 nitrogen and oxygen atoms in total. The SMILES string of the molecule is O=S(=O)(c1ccc(-c2nnc(-c3ccccc3)[nH]2)cc1Cl)N1CCOCC1. The van der Waals surface area contributed by atoms with Crippen LogP contribution in [0.5, 0.6) is 0 Å². The zero-order valence-corrected chi connectivity index (χ0v) is 15.9. The highest BCUT2D eigenvalue weighted by Gasteiger charge is 2.28. The van der Waals surface area contributed by atoms with Crippen molar-refractivity contribution in [2.24, 2.45) is 0 Å². The van der Waals surface area contributed by atoms with Crippen LogP contribution in [0.25, 0.3) is 22.8 Å². The molecule has 0 aliphatic carbocycles. The summed E-state index contributed by atoms with van der Waals surface area (Å²) in [6.45, 7) is 1.41. The van der Waals surface area contributed by atoms with Gasteiger partial charge in [-0.2, -0.15) is 4.31 Å². The van der Waals surface area contributed by atoms with Crippen molar-refractivity contribution in [2.75, 3.05) is 26.3 Å². The molecule has 1 N–H and O–H groups in total. The first-order valence-corrected chi connectivity index (χ1v) is 10.2. The van der Waals surface area contributed by atoms with E-state index in [0.29, 0.717) is 43.5 Å². The largest absolute Gasteiger partial charge is 0.379 e. The van der Waals surface area contributed by atoms with E-state index in [2.05, 4.69) is 15.2 Å². The molecule has 3 aromatic rings. The summed E-state index contributed by atoms with van der Waals surface area (Å²) in [6, 6.07) is 14.4. The molecule has 0 saturated carbocycles. The van der Waals surface area contributed by atoms with Crippen LogP contribution < -0.4 is 0 Å². The average Bonchev–Trinajstić information content (AvgIpc) is 3.19. The Morgan fingerprint density at radius 1 is 0.963 bits per heavy atom. The lowest BCUT2D eigenvalue weighted by molar-refractivity contribution is 0.0730. The fraction of sp³-hybridized carbons (Fsp3) is 0.222. The number of aromatic nitrogens is 3. The number of hydrogen-bond acceptors (Lipinski definition) is 5. The summed E-state index contributed by atoms with van der Waals surface area (Å²) in [5.41, 5.74) is 1.57. The number of aromatic amines is 1. The molecule has 1 aromatic heterocycles. The molecule has 140 valence electrons. The van der Waals surface area contributed by atoms with Crippen molar-refractivity contribution in [3.05, 3.63) is 53.6 Å². The van der Waals surface area contributed by atoms with Gasteiger partial charge >= 0.3 is 0 Å². The summed E-state index contributed by atoms with van der Waals surface area (Å²) in [7, 11) is -3.65. The van der Waals surface area contributed by atoms with E-state index in [4.69, 9.17) is 16.3 Å². The Hall–Kier alpha value is -2.26. The van der Waals surface area contributed by atoms with Gasteiger partial charge < -0.3 is 9.72 Å². The van der Waals surface area contributed by atoms with Crippen LogP contribution in [0, 0.1) is 0 Å². The maximum atomic E-state index is 12.8. The molecule has 4 rings (SSSR count). The van der Waals surface area contributed by atoms with Crippen molar-refractivity contribution >= 4 is 21.6 Å². The summed E-state index contributed by atoms with van der Waals surface area (Å²) in [5, 5.41) is 8.44. The van der Waals surface area contributed by atoms with Gasteiger partial charge in [-0.3, -0.25) is 0 Å². The molecular formula is C18H17ClN4O3S. The number of H-pyrrole nitrogens is 1. The van der Waals surface area contributed by atoms with Gasteiger partial charge in [0.05, 0.1) is 18.2 Å². The summed E-state index contributed by atoms with van der Waals surface area (Å²) < 4.78 is 32.2. The normalized spacial score (nSPS) is 15.7. The van der Waals surface area contributed by atoms with Crippen molar-refractivity contribution in [3.8, 4) is 22.8 Å². The average molecular weight is 405 g/mol. The van der Waals surface area contributed by atoms with Crippen LogP contribution in [-0.2, 0) is 14.8 Å². The maximum Gasteiger partial charge on any atom is 0.244 e. The zero-order chi connectivity index (χ0) is 18.9. The van der Waals surface area contributed by atoms with Gasteiger partial charge in [-0.05, 0) is 18.2 Å². The van der Waals surface area contributed by atoms with Gasteiger partial charge in [0.2, 0.25) is 10.0 Å². The van der Waals surface area contributed by atoms with Gasteiger partial charge in [-0.25, -0.2) is 8.42 Å². The summed E-state index contributed by atoms with van der Waals surface area (Å²) in [5.74, 6) is 1.15. The molecule has 2 aromatic carbocycles. The number of nitrogens with one attached hydrogen (secondary N) is 1. The van der Waals surface area contributed by atoms with Gasteiger partial charge in [-0.1, -0.05) is 41.9 Å². The molecule has 0 radical (unpaired) electrons. The minimum absolute atomic E-state index is 0.0811. The Balaban J connectivity index is 1.63. The molecule has 1 saturated heterocycles. The lowest BCUT2D eigenvalue weighted by Gasteiger charge is -2.26. The van der Waals surface area contributed by atoms with Crippen LogP contribution in [0.2, 0.25) is 5.02 Å². The van der Waals surface area contributed by atoms with E-state index in [1.807, 2.05) is 30.3 Å². The van der Waals surface area contributed by atoms with E-state index < -0.39 is 10.0 Å². The van der Waals surface area contributed by atoms with Crippen molar-refractivity contribution in [1.82, 2.24) is 19.5 Å². The fourth-order valence-electron chi connectivity index (χ4n) is 2.90. The minimum atomic E-state index is -3.65. The third-order valence-electron chi connectivity index (χ3n) is 4.33. The van der Waals surface area contributed by atoms with E-state index in [9.17, 15) is 8.42 Å². The van der Waals surface area contributed by atoms with Gasteiger partial charge in [0, 0.05) is 24.2 Å². The van der Waals surface area contributed by atoms with Crippen LogP contribution in [0.15, 0.2) is 53.4 Å². The smallest absolute Gasteiger partial charge is 0.244 e. The third-order valence-corrected chi connectivity index (χ3v) is 6.71. The molecule has 9 heteroatoms. The van der Waals surface area contributed by atoms with E-state index in [0.717, 1.165) is 5.56 Å². The number of hydrogen-bond donors (Lipinski definition) is 1. The van der Waals surface area contributed by atoms with Crippen LogP contribution >= 0.6 is 11.6 Å². The second kappa shape index (κ2) is 7.40. The first-order chi connectivity index (χ1) is 13.1. The summed E-state index contributed by atoms with van der Waals surface area (Å²) in [6.07, 6.45) is 0. The van der Waals surface area contributed by atoms with E-state index in [1.54, 1.807) is 12.1 Å². The molecule has 0 unspecified atom stereocenters. The Kier molecular flexibility index (Phi) is 4.96. The van der Waals surface area contributed by atoms with Gasteiger partial charge in [-0.15, -0.1) is 10.2 Å². The molecule has 0 spiro atoms. The third kappa shape index (κ3) is 3.61. The molecule has 1 aliphatic rings. The highest BCUT2D eigenvalue weighted by atomic mass is 35.5. The van der Waals surface area contributed by atoms with Gasteiger partial charge in [0.1, 0.15) is 4.90 Å². The predicted molar refractivity (Wildman–Crippen MR) is 102 cm³/mol. The van der Waals surface area contributed by atoms with E-state index >= 15 is 0 Å². The zero-order valence-electron chi connectivity index (χ0n) is 14.3. The molecule has 1 fully saturated rings. The highest BCUT2D eigenvalue weighted by Crippen LogP contribution is 2.30. The Morgan fingerprint density at radius 3 is 2.30 bits per heavy atom. The van der Waals surface area contributed by atoms with Crippen LogP contribution in [0.1, 0.15) is 0 Å². The predicted octanol–water partition coefficient (Wildman–Crippen LogP) is 2.81. The summed E-state index contributed by atoms with van der Waals surface area (Å²) in [4.78, 5) is 3.22. The Labute approximate surface area is 162 Å². The number of sulfonamides is 1. The minimum Gasteiger partial charge on any atom is -0.379 e. The van der Waals surface area contributed by atoms with Crippen molar-refractivity contribution in [1.29, 1.82) is 0 Å². The maximum absolute atomic E-state index is 12.8. The number of nitrogens with zero attached hydrogens (tertiary/aromatic N) is 3. The first-order valence-electron chi connectivity index (χ1n) is 8.41. The van der Waals surface area contributed by atoms with Crippen LogP contribution in [-0.4, -0.2) is 54.2 Å². The monoisotopic (exact) mass is 404 g/mol. The molecule has 0 bridgehead atoms. The summed E-state index contributed by atoms with van der Waals surface area (Å²) >= 11 is 6.31. The number of halogens is 1. The fourth-order valence-corrected chi connectivity index (χ4v) is 4.83. The Morgan fingerprint density at radius 2 is 1.63 bits per heavy atom. The Bertz CT molecular complexity index is 1050. The van der Waals surface area contributed by atoms with Gasteiger partial charge in [0.25, 0.3) is 0 Å². The number of ether oxygens (including phenoxy) is 1.